The third kappa shape index (κ3) is 3.78. The van der Waals surface area contributed by atoms with E-state index in [1.165, 1.54) is 12.1 Å². The molecular formula is C24H28FN5O2. The predicted molar refractivity (Wildman–Crippen MR) is 121 cm³/mol. The fraction of sp³-hybridized carbons (Fsp3) is 0.458. The Morgan fingerprint density at radius 3 is 2.53 bits per heavy atom. The molecule has 0 atom stereocenters. The number of amides is 1. The number of anilines is 1. The van der Waals surface area contributed by atoms with Crippen LogP contribution in [0.4, 0.5) is 10.1 Å². The maximum atomic E-state index is 13.3. The summed E-state index contributed by atoms with van der Waals surface area (Å²) in [7, 11) is 0. The highest BCUT2D eigenvalue weighted by Crippen LogP contribution is 2.20. The number of piperazine rings is 1. The van der Waals surface area contributed by atoms with E-state index in [4.69, 9.17) is 4.98 Å². The number of carbonyl (C=O) groups excluding carboxylic acids is 1. The van der Waals surface area contributed by atoms with Crippen LogP contribution >= 0.6 is 0 Å². The largest absolute Gasteiger partial charge is 0.368 e. The molecule has 1 fully saturated rings. The SMILES string of the molecule is Cc1cc2nc3n(c(=O)c2n1CC(=O)N1CCN(c2ccc(F)cc2)CC1)CCCCC3. The average molecular weight is 438 g/mol. The number of rotatable bonds is 3. The quantitative estimate of drug-likeness (QED) is 0.632. The van der Waals surface area contributed by atoms with Gasteiger partial charge in [0, 0.05) is 50.5 Å². The summed E-state index contributed by atoms with van der Waals surface area (Å²) in [4.78, 5) is 35.2. The van der Waals surface area contributed by atoms with Gasteiger partial charge in [0.2, 0.25) is 5.91 Å². The second kappa shape index (κ2) is 8.41. The molecule has 4 heterocycles. The molecule has 8 heteroatoms. The lowest BCUT2D eigenvalue weighted by Crippen LogP contribution is -2.49. The number of aryl methyl sites for hydroxylation is 2. The van der Waals surface area contributed by atoms with Crippen LogP contribution in [0.2, 0.25) is 0 Å². The third-order valence-electron chi connectivity index (χ3n) is 6.69. The van der Waals surface area contributed by atoms with E-state index in [1.807, 2.05) is 22.5 Å². The van der Waals surface area contributed by atoms with Crippen molar-refractivity contribution in [1.82, 2.24) is 19.0 Å². The Hall–Kier alpha value is -3.16. The molecule has 1 saturated heterocycles. The van der Waals surface area contributed by atoms with Crippen molar-refractivity contribution in [2.24, 2.45) is 0 Å². The van der Waals surface area contributed by atoms with E-state index in [0.29, 0.717) is 43.8 Å². The summed E-state index contributed by atoms with van der Waals surface area (Å²) in [6.45, 7) is 5.35. The molecule has 0 N–H and O–H groups in total. The van der Waals surface area contributed by atoms with E-state index in [2.05, 4.69) is 4.90 Å². The van der Waals surface area contributed by atoms with Gasteiger partial charge in [0.25, 0.3) is 5.56 Å². The van der Waals surface area contributed by atoms with Crippen molar-refractivity contribution in [2.45, 2.75) is 45.7 Å². The van der Waals surface area contributed by atoms with Crippen molar-refractivity contribution >= 4 is 22.6 Å². The lowest BCUT2D eigenvalue weighted by atomic mass is 10.2. The van der Waals surface area contributed by atoms with Crippen molar-refractivity contribution in [3.05, 3.63) is 58.0 Å². The topological polar surface area (TPSA) is 63.4 Å². The van der Waals surface area contributed by atoms with Crippen LogP contribution in [0.15, 0.2) is 35.1 Å². The van der Waals surface area contributed by atoms with Gasteiger partial charge in [-0.2, -0.15) is 0 Å². The zero-order valence-corrected chi connectivity index (χ0v) is 18.4. The third-order valence-corrected chi connectivity index (χ3v) is 6.69. The highest BCUT2D eigenvalue weighted by atomic mass is 19.1. The molecule has 0 radical (unpaired) electrons. The average Bonchev–Trinajstić information content (AvgIpc) is 2.95. The van der Waals surface area contributed by atoms with Crippen LogP contribution in [0.25, 0.3) is 11.0 Å². The monoisotopic (exact) mass is 437 g/mol. The van der Waals surface area contributed by atoms with Gasteiger partial charge in [0.05, 0.1) is 5.52 Å². The van der Waals surface area contributed by atoms with Gasteiger partial charge in [-0.3, -0.25) is 14.2 Å². The number of nitrogens with zero attached hydrogens (tertiary/aromatic N) is 5. The zero-order chi connectivity index (χ0) is 22.2. The van der Waals surface area contributed by atoms with Gasteiger partial charge in [0.1, 0.15) is 23.7 Å². The van der Waals surface area contributed by atoms with Crippen LogP contribution in [-0.4, -0.2) is 51.1 Å². The van der Waals surface area contributed by atoms with Crippen LogP contribution in [0.5, 0.6) is 0 Å². The van der Waals surface area contributed by atoms with Gasteiger partial charge in [-0.25, -0.2) is 9.37 Å². The fourth-order valence-electron chi connectivity index (χ4n) is 4.87. The number of hydrogen-bond acceptors (Lipinski definition) is 4. The number of halogens is 1. The summed E-state index contributed by atoms with van der Waals surface area (Å²) in [6.07, 6.45) is 3.97. The molecule has 3 aromatic rings. The van der Waals surface area contributed by atoms with Crippen LogP contribution in [0.1, 0.15) is 30.8 Å². The normalized spacial score (nSPS) is 16.8. The highest BCUT2D eigenvalue weighted by molar-refractivity contribution is 5.81. The summed E-state index contributed by atoms with van der Waals surface area (Å²) < 4.78 is 16.8. The minimum absolute atomic E-state index is 0.00343. The Bertz CT molecular complexity index is 1210. The molecule has 1 amide bonds. The second-order valence-corrected chi connectivity index (χ2v) is 8.75. The standard InChI is InChI=1S/C24H28FN5O2/c1-17-15-20-23(24(32)29-10-4-2-3-5-21(29)26-20)30(17)16-22(31)28-13-11-27(12-14-28)19-8-6-18(25)7-9-19/h6-9,15H,2-5,10-14,16H2,1H3. The lowest BCUT2D eigenvalue weighted by molar-refractivity contribution is -0.132. The number of hydrogen-bond donors (Lipinski definition) is 0. The molecule has 2 aliphatic rings. The van der Waals surface area contributed by atoms with Crippen molar-refractivity contribution in [3.8, 4) is 0 Å². The molecule has 0 bridgehead atoms. The Morgan fingerprint density at radius 1 is 1.03 bits per heavy atom. The highest BCUT2D eigenvalue weighted by Gasteiger charge is 2.24. The molecule has 0 saturated carbocycles. The molecular weight excluding hydrogens is 409 g/mol. The molecule has 5 rings (SSSR count). The molecule has 7 nitrogen and oxygen atoms in total. The molecule has 0 spiro atoms. The van der Waals surface area contributed by atoms with E-state index in [-0.39, 0.29) is 23.8 Å². The van der Waals surface area contributed by atoms with Gasteiger partial charge >= 0.3 is 0 Å². The molecule has 2 aliphatic heterocycles. The van der Waals surface area contributed by atoms with Crippen LogP contribution in [-0.2, 0) is 24.3 Å². The van der Waals surface area contributed by atoms with Gasteiger partial charge in [-0.1, -0.05) is 6.42 Å². The van der Waals surface area contributed by atoms with Crippen LogP contribution in [0.3, 0.4) is 0 Å². The van der Waals surface area contributed by atoms with E-state index in [9.17, 15) is 14.0 Å². The first-order chi connectivity index (χ1) is 15.5. The number of fused-ring (bicyclic) bond motifs is 2. The molecule has 2 aromatic heterocycles. The van der Waals surface area contributed by atoms with E-state index in [0.717, 1.165) is 42.9 Å². The molecule has 1 aromatic carbocycles. The Morgan fingerprint density at radius 2 is 1.78 bits per heavy atom. The Balaban J connectivity index is 1.34. The summed E-state index contributed by atoms with van der Waals surface area (Å²) in [6, 6.07) is 8.37. The summed E-state index contributed by atoms with van der Waals surface area (Å²) in [5, 5.41) is 0. The van der Waals surface area contributed by atoms with Crippen molar-refractivity contribution in [1.29, 1.82) is 0 Å². The Kier molecular flexibility index (Phi) is 5.45. The molecule has 32 heavy (non-hydrogen) atoms. The number of carbonyl (C=O) groups is 1. The van der Waals surface area contributed by atoms with E-state index in [1.54, 1.807) is 16.7 Å². The maximum Gasteiger partial charge on any atom is 0.278 e. The molecule has 0 unspecified atom stereocenters. The number of aromatic nitrogens is 3. The van der Waals surface area contributed by atoms with Crippen LogP contribution in [0, 0.1) is 12.7 Å². The smallest absolute Gasteiger partial charge is 0.278 e. The second-order valence-electron chi connectivity index (χ2n) is 8.75. The fourth-order valence-corrected chi connectivity index (χ4v) is 4.87. The first kappa shape index (κ1) is 20.7. The van der Waals surface area contributed by atoms with Crippen molar-refractivity contribution in [3.63, 3.8) is 0 Å². The van der Waals surface area contributed by atoms with Crippen molar-refractivity contribution < 1.29 is 9.18 Å². The van der Waals surface area contributed by atoms with Gasteiger partial charge in [-0.15, -0.1) is 0 Å². The predicted octanol–water partition coefficient (Wildman–Crippen LogP) is 2.72. The summed E-state index contributed by atoms with van der Waals surface area (Å²) >= 11 is 0. The first-order valence-electron chi connectivity index (χ1n) is 11.4. The number of benzene rings is 1. The van der Waals surface area contributed by atoms with Crippen LogP contribution < -0.4 is 10.5 Å². The van der Waals surface area contributed by atoms with Gasteiger partial charge in [0.15, 0.2) is 0 Å². The first-order valence-corrected chi connectivity index (χ1v) is 11.4. The minimum Gasteiger partial charge on any atom is -0.368 e. The Labute approximate surface area is 186 Å². The van der Waals surface area contributed by atoms with E-state index >= 15 is 0 Å². The summed E-state index contributed by atoms with van der Waals surface area (Å²) in [5.74, 6) is 0.614. The van der Waals surface area contributed by atoms with Gasteiger partial charge < -0.3 is 14.4 Å². The lowest BCUT2D eigenvalue weighted by Gasteiger charge is -2.36. The molecule has 168 valence electrons. The van der Waals surface area contributed by atoms with Gasteiger partial charge in [-0.05, 0) is 50.1 Å². The molecule has 0 aliphatic carbocycles. The van der Waals surface area contributed by atoms with E-state index < -0.39 is 0 Å². The minimum atomic E-state index is -0.251. The maximum absolute atomic E-state index is 13.3. The zero-order valence-electron chi connectivity index (χ0n) is 18.4. The van der Waals surface area contributed by atoms with Crippen molar-refractivity contribution in [2.75, 3.05) is 31.1 Å². The summed E-state index contributed by atoms with van der Waals surface area (Å²) in [5.41, 5.74) is 3.03.